The molecule has 0 saturated carbocycles. The summed E-state index contributed by atoms with van der Waals surface area (Å²) in [6.45, 7) is 0.210. The molecule has 4 aromatic carbocycles. The largest absolute Gasteiger partial charge is 0.488 e. The van der Waals surface area contributed by atoms with Gasteiger partial charge < -0.3 is 18.9 Å². The van der Waals surface area contributed by atoms with Crippen molar-refractivity contribution in [3.63, 3.8) is 0 Å². The number of para-hydroxylation sites is 2. The summed E-state index contributed by atoms with van der Waals surface area (Å²) in [5.41, 5.74) is 1.84. The first-order chi connectivity index (χ1) is 18.2. The molecule has 3 aliphatic rings. The molecule has 0 bridgehead atoms. The third kappa shape index (κ3) is 3.49. The van der Waals surface area contributed by atoms with E-state index in [1.807, 2.05) is 66.7 Å². The molecule has 0 aromatic heterocycles. The standard InChI is InChI=1S/C31H20O6/c32-28-20-13-7-8-14-21(20)29(33)31-27(28)30-23(17-34-31)22-15-25(35-18-9-3-1-4-10-18)26(16-24(22)37-30)36-19-11-5-2-6-12-19/h1-16,23,30H,17H2. The Labute approximate surface area is 212 Å². The van der Waals surface area contributed by atoms with Crippen LogP contribution in [0.2, 0.25) is 0 Å². The molecule has 2 heterocycles. The molecule has 7 rings (SSSR count). The molecule has 4 aromatic rings. The van der Waals surface area contributed by atoms with Crippen LogP contribution in [-0.2, 0) is 4.74 Å². The summed E-state index contributed by atoms with van der Waals surface area (Å²) < 4.78 is 24.7. The van der Waals surface area contributed by atoms with Crippen molar-refractivity contribution in [2.75, 3.05) is 6.61 Å². The van der Waals surface area contributed by atoms with Crippen LogP contribution in [0.1, 0.15) is 32.2 Å². The minimum atomic E-state index is -0.639. The van der Waals surface area contributed by atoms with Crippen LogP contribution in [0.3, 0.4) is 0 Å². The lowest BCUT2D eigenvalue weighted by molar-refractivity contribution is 0.0697. The van der Waals surface area contributed by atoms with Crippen molar-refractivity contribution in [1.82, 2.24) is 0 Å². The number of rotatable bonds is 4. The highest BCUT2D eigenvalue weighted by Crippen LogP contribution is 2.51. The van der Waals surface area contributed by atoms with Gasteiger partial charge in [0.15, 0.2) is 23.0 Å². The molecule has 2 aliphatic heterocycles. The van der Waals surface area contributed by atoms with Crippen molar-refractivity contribution >= 4 is 11.6 Å². The molecular weight excluding hydrogens is 468 g/mol. The van der Waals surface area contributed by atoms with Crippen LogP contribution in [0.25, 0.3) is 0 Å². The van der Waals surface area contributed by atoms with E-state index in [9.17, 15) is 9.59 Å². The average Bonchev–Trinajstić information content (AvgIpc) is 3.30. The molecule has 6 nitrogen and oxygen atoms in total. The van der Waals surface area contributed by atoms with Gasteiger partial charge in [-0.15, -0.1) is 0 Å². The van der Waals surface area contributed by atoms with Crippen LogP contribution in [-0.4, -0.2) is 24.3 Å². The van der Waals surface area contributed by atoms with E-state index in [0.717, 1.165) is 5.56 Å². The smallest absolute Gasteiger partial charge is 0.228 e. The van der Waals surface area contributed by atoms with Gasteiger partial charge in [-0.05, 0) is 30.3 Å². The second-order valence-corrected chi connectivity index (χ2v) is 9.07. The van der Waals surface area contributed by atoms with E-state index in [1.54, 1.807) is 30.3 Å². The first-order valence-electron chi connectivity index (χ1n) is 12.0. The summed E-state index contributed by atoms with van der Waals surface area (Å²) in [4.78, 5) is 26.6. The van der Waals surface area contributed by atoms with Gasteiger partial charge in [-0.1, -0.05) is 60.7 Å². The van der Waals surface area contributed by atoms with Gasteiger partial charge in [0, 0.05) is 22.8 Å². The molecule has 1 aliphatic carbocycles. The van der Waals surface area contributed by atoms with Crippen molar-refractivity contribution in [1.29, 1.82) is 0 Å². The summed E-state index contributed by atoms with van der Waals surface area (Å²) in [5, 5.41) is 0. The number of ether oxygens (including phenoxy) is 4. The fraction of sp³-hybridized carbons (Fsp3) is 0.0968. The maximum Gasteiger partial charge on any atom is 0.228 e. The van der Waals surface area contributed by atoms with Gasteiger partial charge in [-0.2, -0.15) is 0 Å². The Balaban J connectivity index is 1.30. The van der Waals surface area contributed by atoms with Crippen molar-refractivity contribution in [3.05, 3.63) is 125 Å². The molecule has 0 spiro atoms. The van der Waals surface area contributed by atoms with Crippen molar-refractivity contribution in [2.24, 2.45) is 0 Å². The maximum atomic E-state index is 13.5. The third-order valence-electron chi connectivity index (χ3n) is 6.84. The maximum absolute atomic E-state index is 13.5. The van der Waals surface area contributed by atoms with E-state index in [0.29, 0.717) is 39.9 Å². The Kier molecular flexibility index (Phi) is 4.86. The molecule has 2 atom stereocenters. The number of benzene rings is 4. The van der Waals surface area contributed by atoms with Crippen molar-refractivity contribution in [2.45, 2.75) is 12.0 Å². The minimum Gasteiger partial charge on any atom is -0.488 e. The van der Waals surface area contributed by atoms with Crippen LogP contribution < -0.4 is 14.2 Å². The Bertz CT molecular complexity index is 1590. The Hall–Kier alpha value is -4.84. The number of hydrogen-bond acceptors (Lipinski definition) is 6. The number of allylic oxidation sites excluding steroid dienone is 1. The molecule has 6 heteroatoms. The molecule has 0 saturated heterocycles. The quantitative estimate of drug-likeness (QED) is 0.328. The minimum absolute atomic E-state index is 0.0827. The van der Waals surface area contributed by atoms with Crippen LogP contribution in [0.4, 0.5) is 0 Å². The number of carbonyl (C=O) groups excluding carboxylic acids is 2. The molecule has 0 N–H and O–H groups in total. The Morgan fingerprint density at radius 3 is 1.89 bits per heavy atom. The monoisotopic (exact) mass is 488 g/mol. The summed E-state index contributed by atoms with van der Waals surface area (Å²) in [6, 6.07) is 29.3. The van der Waals surface area contributed by atoms with Crippen molar-refractivity contribution in [3.8, 4) is 28.7 Å². The number of fused-ring (bicyclic) bond motifs is 5. The van der Waals surface area contributed by atoms with Gasteiger partial charge in [-0.25, -0.2) is 0 Å². The molecule has 0 radical (unpaired) electrons. The fourth-order valence-corrected chi connectivity index (χ4v) is 5.11. The van der Waals surface area contributed by atoms with Gasteiger partial charge >= 0.3 is 0 Å². The van der Waals surface area contributed by atoms with E-state index in [-0.39, 0.29) is 35.4 Å². The van der Waals surface area contributed by atoms with Gasteiger partial charge in [0.2, 0.25) is 5.78 Å². The Morgan fingerprint density at radius 1 is 0.676 bits per heavy atom. The highest BCUT2D eigenvalue weighted by atomic mass is 16.5. The van der Waals surface area contributed by atoms with E-state index in [1.165, 1.54) is 0 Å². The third-order valence-corrected chi connectivity index (χ3v) is 6.84. The molecule has 0 amide bonds. The molecule has 180 valence electrons. The SMILES string of the molecule is O=C1C2=C(C(=O)c3ccccc31)C1Oc3cc(Oc4ccccc4)c(Oc4ccccc4)cc3C1CO2. The first-order valence-corrected chi connectivity index (χ1v) is 12.0. The predicted molar refractivity (Wildman–Crippen MR) is 135 cm³/mol. The zero-order valence-corrected chi connectivity index (χ0v) is 19.5. The summed E-state index contributed by atoms with van der Waals surface area (Å²) in [5.74, 6) is 2.13. The zero-order valence-electron chi connectivity index (χ0n) is 19.5. The zero-order chi connectivity index (χ0) is 24.9. The lowest BCUT2D eigenvalue weighted by atomic mass is 9.80. The van der Waals surface area contributed by atoms with Crippen LogP contribution in [0.15, 0.2) is 108 Å². The van der Waals surface area contributed by atoms with E-state index in [2.05, 4.69) is 0 Å². The summed E-state index contributed by atoms with van der Waals surface area (Å²) in [6.07, 6.45) is -0.639. The lowest BCUT2D eigenvalue weighted by Gasteiger charge is -2.31. The number of carbonyl (C=O) groups is 2. The second-order valence-electron chi connectivity index (χ2n) is 9.07. The second kappa shape index (κ2) is 8.38. The Morgan fingerprint density at radius 2 is 1.24 bits per heavy atom. The lowest BCUT2D eigenvalue weighted by Crippen LogP contribution is -2.39. The number of hydrogen-bond donors (Lipinski definition) is 0. The molecular formula is C31H20O6. The van der Waals surface area contributed by atoms with Gasteiger partial charge in [0.05, 0.1) is 18.1 Å². The summed E-state index contributed by atoms with van der Waals surface area (Å²) in [7, 11) is 0. The molecule has 37 heavy (non-hydrogen) atoms. The average molecular weight is 488 g/mol. The van der Waals surface area contributed by atoms with E-state index in [4.69, 9.17) is 18.9 Å². The normalized spacial score (nSPS) is 19.1. The van der Waals surface area contributed by atoms with Crippen molar-refractivity contribution < 1.29 is 28.5 Å². The highest BCUT2D eigenvalue weighted by Gasteiger charge is 2.49. The summed E-state index contributed by atoms with van der Waals surface area (Å²) >= 11 is 0. The van der Waals surface area contributed by atoms with E-state index < -0.39 is 6.10 Å². The van der Waals surface area contributed by atoms with Gasteiger partial charge in [-0.3, -0.25) is 9.59 Å². The topological polar surface area (TPSA) is 71.1 Å². The van der Waals surface area contributed by atoms with Crippen LogP contribution in [0, 0.1) is 0 Å². The molecule has 0 fully saturated rings. The number of Topliss-reactive ketones (excluding diaryl/α,β-unsaturated/α-hetero) is 2. The first kappa shape index (κ1) is 21.4. The number of ketones is 2. The molecule has 2 unspecified atom stereocenters. The van der Waals surface area contributed by atoms with Crippen LogP contribution in [0.5, 0.6) is 28.7 Å². The fourth-order valence-electron chi connectivity index (χ4n) is 5.11. The highest BCUT2D eigenvalue weighted by molar-refractivity contribution is 6.26. The van der Waals surface area contributed by atoms with Gasteiger partial charge in [0.1, 0.15) is 23.4 Å². The predicted octanol–water partition coefficient (Wildman–Crippen LogP) is 6.48. The van der Waals surface area contributed by atoms with Gasteiger partial charge in [0.25, 0.3) is 0 Å². The van der Waals surface area contributed by atoms with E-state index >= 15 is 0 Å². The van der Waals surface area contributed by atoms with Crippen LogP contribution >= 0.6 is 0 Å².